The smallest absolute Gasteiger partial charge is 0.262 e. The molecule has 2 rings (SSSR count). The van der Waals surface area contributed by atoms with E-state index in [2.05, 4.69) is 21.2 Å². The van der Waals surface area contributed by atoms with Gasteiger partial charge in [-0.05, 0) is 61.4 Å². The van der Waals surface area contributed by atoms with Crippen LogP contribution in [0.3, 0.4) is 0 Å². The minimum atomic E-state index is -0.323. The van der Waals surface area contributed by atoms with E-state index in [4.69, 9.17) is 4.74 Å². The molecule has 0 saturated carbocycles. The van der Waals surface area contributed by atoms with E-state index in [1.54, 1.807) is 24.3 Å². The number of amides is 1. The average molecular weight is 350 g/mol. The van der Waals surface area contributed by atoms with Gasteiger partial charge in [0.25, 0.3) is 5.91 Å². The van der Waals surface area contributed by atoms with Crippen LogP contribution in [0.1, 0.15) is 11.1 Å². The highest BCUT2D eigenvalue weighted by molar-refractivity contribution is 9.10. The summed E-state index contributed by atoms with van der Waals surface area (Å²) in [6.07, 6.45) is 0. The maximum atomic E-state index is 11.8. The van der Waals surface area contributed by atoms with Crippen LogP contribution in [-0.4, -0.2) is 17.6 Å². The van der Waals surface area contributed by atoms with Crippen molar-refractivity contribution in [3.05, 3.63) is 52.0 Å². The van der Waals surface area contributed by atoms with E-state index in [0.29, 0.717) is 11.4 Å². The van der Waals surface area contributed by atoms with Crippen LogP contribution in [0.2, 0.25) is 0 Å². The van der Waals surface area contributed by atoms with Gasteiger partial charge in [0, 0.05) is 4.47 Å². The molecule has 4 nitrogen and oxygen atoms in total. The molecule has 110 valence electrons. The highest BCUT2D eigenvalue weighted by Gasteiger charge is 2.09. The fourth-order valence-electron chi connectivity index (χ4n) is 1.77. The second-order valence-corrected chi connectivity index (χ2v) is 5.66. The second-order valence-electron chi connectivity index (χ2n) is 4.74. The summed E-state index contributed by atoms with van der Waals surface area (Å²) in [6.45, 7) is 3.70. The van der Waals surface area contributed by atoms with Gasteiger partial charge in [-0.2, -0.15) is 0 Å². The van der Waals surface area contributed by atoms with Gasteiger partial charge in [-0.15, -0.1) is 0 Å². The molecule has 2 N–H and O–H groups in total. The number of phenols is 1. The maximum absolute atomic E-state index is 11.8. The van der Waals surface area contributed by atoms with Gasteiger partial charge in [0.1, 0.15) is 11.5 Å². The van der Waals surface area contributed by atoms with E-state index < -0.39 is 0 Å². The molecule has 1 amide bonds. The zero-order chi connectivity index (χ0) is 15.4. The molecule has 0 aromatic heterocycles. The van der Waals surface area contributed by atoms with E-state index in [9.17, 15) is 9.90 Å². The Morgan fingerprint density at radius 3 is 2.48 bits per heavy atom. The number of hydrogen-bond donors (Lipinski definition) is 2. The SMILES string of the molecule is Cc1cc(O)c(NC(=O)COc2ccc(Br)cc2)cc1C. The molecular weight excluding hydrogens is 334 g/mol. The lowest BCUT2D eigenvalue weighted by molar-refractivity contribution is -0.118. The predicted octanol–water partition coefficient (Wildman–Crippen LogP) is 3.79. The topological polar surface area (TPSA) is 58.6 Å². The van der Waals surface area contributed by atoms with Gasteiger partial charge >= 0.3 is 0 Å². The van der Waals surface area contributed by atoms with Crippen molar-refractivity contribution in [1.29, 1.82) is 0 Å². The summed E-state index contributed by atoms with van der Waals surface area (Å²) in [5.41, 5.74) is 2.36. The summed E-state index contributed by atoms with van der Waals surface area (Å²) in [5, 5.41) is 12.5. The van der Waals surface area contributed by atoms with Gasteiger partial charge in [-0.3, -0.25) is 4.79 Å². The van der Waals surface area contributed by atoms with E-state index in [1.807, 2.05) is 26.0 Å². The molecule has 0 spiro atoms. The third-order valence-electron chi connectivity index (χ3n) is 3.07. The largest absolute Gasteiger partial charge is 0.506 e. The molecule has 0 saturated heterocycles. The third-order valence-corrected chi connectivity index (χ3v) is 3.60. The Balaban J connectivity index is 1.96. The van der Waals surface area contributed by atoms with Gasteiger partial charge in [0.05, 0.1) is 5.69 Å². The molecule has 2 aromatic carbocycles. The first-order chi connectivity index (χ1) is 9.95. The van der Waals surface area contributed by atoms with Crippen molar-refractivity contribution < 1.29 is 14.6 Å². The highest BCUT2D eigenvalue weighted by atomic mass is 79.9. The van der Waals surface area contributed by atoms with E-state index in [1.165, 1.54) is 0 Å². The number of benzene rings is 2. The van der Waals surface area contributed by atoms with Crippen molar-refractivity contribution in [1.82, 2.24) is 0 Å². The number of carbonyl (C=O) groups is 1. The molecule has 0 fully saturated rings. The summed E-state index contributed by atoms with van der Waals surface area (Å²) >= 11 is 3.33. The summed E-state index contributed by atoms with van der Waals surface area (Å²) in [6, 6.07) is 10.6. The second kappa shape index (κ2) is 6.63. The normalized spacial score (nSPS) is 10.2. The van der Waals surface area contributed by atoms with Crippen LogP contribution in [0.15, 0.2) is 40.9 Å². The number of nitrogens with one attached hydrogen (secondary N) is 1. The van der Waals surface area contributed by atoms with E-state index in [-0.39, 0.29) is 18.3 Å². The number of hydrogen-bond acceptors (Lipinski definition) is 3. The van der Waals surface area contributed by atoms with Gasteiger partial charge in [0.15, 0.2) is 6.61 Å². The first-order valence-corrected chi connectivity index (χ1v) is 7.23. The van der Waals surface area contributed by atoms with Crippen molar-refractivity contribution >= 4 is 27.5 Å². The Morgan fingerprint density at radius 1 is 1.19 bits per heavy atom. The van der Waals surface area contributed by atoms with Gasteiger partial charge in [-0.25, -0.2) is 0 Å². The van der Waals surface area contributed by atoms with Gasteiger partial charge in [-0.1, -0.05) is 15.9 Å². The zero-order valence-corrected chi connectivity index (χ0v) is 13.4. The Labute approximate surface area is 131 Å². The number of halogens is 1. The average Bonchev–Trinajstić information content (AvgIpc) is 2.44. The third kappa shape index (κ3) is 4.23. The first-order valence-electron chi connectivity index (χ1n) is 6.44. The summed E-state index contributed by atoms with van der Waals surface area (Å²) in [5.74, 6) is 0.337. The summed E-state index contributed by atoms with van der Waals surface area (Å²) < 4.78 is 6.32. The van der Waals surface area contributed by atoms with Crippen LogP contribution in [0.5, 0.6) is 11.5 Å². The number of phenolic OH excluding ortho intramolecular Hbond substituents is 1. The first kappa shape index (κ1) is 15.4. The standard InChI is InChI=1S/C16H16BrNO3/c1-10-7-14(15(19)8-11(10)2)18-16(20)9-21-13-5-3-12(17)4-6-13/h3-8,19H,9H2,1-2H3,(H,18,20). The number of rotatable bonds is 4. The van der Waals surface area contributed by atoms with Crippen LogP contribution < -0.4 is 10.1 Å². The van der Waals surface area contributed by atoms with Crippen molar-refractivity contribution in [3.63, 3.8) is 0 Å². The Kier molecular flexibility index (Phi) is 4.85. The molecule has 21 heavy (non-hydrogen) atoms. The van der Waals surface area contributed by atoms with Crippen LogP contribution >= 0.6 is 15.9 Å². The maximum Gasteiger partial charge on any atom is 0.262 e. The number of ether oxygens (including phenoxy) is 1. The zero-order valence-electron chi connectivity index (χ0n) is 11.8. The van der Waals surface area contributed by atoms with Gasteiger partial charge < -0.3 is 15.2 Å². The molecule has 2 aromatic rings. The number of carbonyl (C=O) groups excluding carboxylic acids is 1. The quantitative estimate of drug-likeness (QED) is 0.825. The molecule has 0 atom stereocenters. The fourth-order valence-corrected chi connectivity index (χ4v) is 2.03. The molecular formula is C16H16BrNO3. The number of aryl methyl sites for hydroxylation is 2. The highest BCUT2D eigenvalue weighted by Crippen LogP contribution is 2.26. The fraction of sp³-hybridized carbons (Fsp3) is 0.188. The minimum Gasteiger partial charge on any atom is -0.506 e. The Hall–Kier alpha value is -2.01. The summed E-state index contributed by atoms with van der Waals surface area (Å²) in [4.78, 5) is 11.8. The Morgan fingerprint density at radius 2 is 1.81 bits per heavy atom. The van der Waals surface area contributed by atoms with Crippen molar-refractivity contribution in [2.75, 3.05) is 11.9 Å². The molecule has 5 heteroatoms. The lowest BCUT2D eigenvalue weighted by Gasteiger charge is -2.11. The van der Waals surface area contributed by atoms with Crippen LogP contribution in [-0.2, 0) is 4.79 Å². The molecule has 0 heterocycles. The van der Waals surface area contributed by atoms with Crippen molar-refractivity contribution in [2.24, 2.45) is 0 Å². The predicted molar refractivity (Wildman–Crippen MR) is 85.8 cm³/mol. The number of anilines is 1. The molecule has 0 unspecified atom stereocenters. The van der Waals surface area contributed by atoms with E-state index in [0.717, 1.165) is 15.6 Å². The molecule has 0 aliphatic heterocycles. The van der Waals surface area contributed by atoms with Crippen LogP contribution in [0.25, 0.3) is 0 Å². The van der Waals surface area contributed by atoms with Crippen molar-refractivity contribution in [2.45, 2.75) is 13.8 Å². The Bertz CT molecular complexity index is 653. The lowest BCUT2D eigenvalue weighted by atomic mass is 10.1. The molecule has 0 radical (unpaired) electrons. The van der Waals surface area contributed by atoms with Crippen molar-refractivity contribution in [3.8, 4) is 11.5 Å². The number of aromatic hydroxyl groups is 1. The van der Waals surface area contributed by atoms with Crippen LogP contribution in [0.4, 0.5) is 5.69 Å². The monoisotopic (exact) mass is 349 g/mol. The molecule has 0 aliphatic carbocycles. The molecule has 0 aliphatic rings. The van der Waals surface area contributed by atoms with E-state index >= 15 is 0 Å². The van der Waals surface area contributed by atoms with Crippen LogP contribution in [0, 0.1) is 13.8 Å². The lowest BCUT2D eigenvalue weighted by Crippen LogP contribution is -2.20. The van der Waals surface area contributed by atoms with Gasteiger partial charge in [0.2, 0.25) is 0 Å². The summed E-state index contributed by atoms with van der Waals surface area (Å²) in [7, 11) is 0. The molecule has 0 bridgehead atoms. The minimum absolute atomic E-state index is 0.0510.